The highest BCUT2D eigenvalue weighted by Gasteiger charge is 2.57. The minimum absolute atomic E-state index is 0.0493. The third kappa shape index (κ3) is 2.32. The summed E-state index contributed by atoms with van der Waals surface area (Å²) >= 11 is 0. The van der Waals surface area contributed by atoms with Gasteiger partial charge in [0, 0.05) is 23.6 Å². The average Bonchev–Trinajstić information content (AvgIpc) is 3.17. The van der Waals surface area contributed by atoms with E-state index >= 15 is 0 Å². The standard InChI is InChI=1S/C24H24N4O/c1-23(2)21-12-17-16(13-25)5-4-6-18(17)24(23,3)9-10-28(21)22(29)15-7-8-19-20(11-15)27-14-26-19/h4-8,11,14,21H,9-10,12H2,1-3H3,(H,26,27)/t21-,24-/m0/s1. The van der Waals surface area contributed by atoms with Gasteiger partial charge in [-0.15, -0.1) is 0 Å². The number of nitrogens with one attached hydrogen (secondary N) is 1. The summed E-state index contributed by atoms with van der Waals surface area (Å²) in [5.74, 6) is 0.0551. The number of hydrogen-bond acceptors (Lipinski definition) is 3. The number of nitriles is 1. The summed E-state index contributed by atoms with van der Waals surface area (Å²) in [6, 6.07) is 14.1. The number of imidazole rings is 1. The first-order chi connectivity index (χ1) is 13.9. The Morgan fingerprint density at radius 1 is 1.28 bits per heavy atom. The topological polar surface area (TPSA) is 72.8 Å². The molecule has 1 aliphatic heterocycles. The molecule has 1 N–H and O–H groups in total. The maximum absolute atomic E-state index is 13.6. The maximum Gasteiger partial charge on any atom is 0.254 e. The second-order valence-corrected chi connectivity index (χ2v) is 9.10. The van der Waals surface area contributed by atoms with Crippen LogP contribution >= 0.6 is 0 Å². The van der Waals surface area contributed by atoms with Crippen molar-refractivity contribution in [2.75, 3.05) is 6.54 Å². The maximum atomic E-state index is 13.6. The van der Waals surface area contributed by atoms with Crippen LogP contribution < -0.4 is 0 Å². The van der Waals surface area contributed by atoms with E-state index in [4.69, 9.17) is 0 Å². The summed E-state index contributed by atoms with van der Waals surface area (Å²) in [7, 11) is 0. The van der Waals surface area contributed by atoms with Gasteiger partial charge in [0.1, 0.15) is 0 Å². The minimum Gasteiger partial charge on any atom is -0.345 e. The molecule has 0 radical (unpaired) electrons. The molecule has 1 aliphatic carbocycles. The Morgan fingerprint density at radius 3 is 2.90 bits per heavy atom. The van der Waals surface area contributed by atoms with Crippen molar-refractivity contribution in [3.8, 4) is 6.07 Å². The monoisotopic (exact) mass is 384 g/mol. The van der Waals surface area contributed by atoms with Crippen LogP contribution in [-0.2, 0) is 11.8 Å². The quantitative estimate of drug-likeness (QED) is 0.684. The Kier molecular flexibility index (Phi) is 3.67. The van der Waals surface area contributed by atoms with Crippen LogP contribution in [0.3, 0.4) is 0 Å². The molecule has 2 aliphatic rings. The number of aromatic amines is 1. The van der Waals surface area contributed by atoms with Gasteiger partial charge in [-0.1, -0.05) is 32.9 Å². The van der Waals surface area contributed by atoms with E-state index in [-0.39, 0.29) is 22.8 Å². The number of rotatable bonds is 1. The normalized spacial score (nSPS) is 24.8. The van der Waals surface area contributed by atoms with Gasteiger partial charge in [0.2, 0.25) is 0 Å². The number of fused-ring (bicyclic) bond motifs is 5. The molecular formula is C24H24N4O. The Morgan fingerprint density at radius 2 is 2.10 bits per heavy atom. The van der Waals surface area contributed by atoms with E-state index in [0.717, 1.165) is 41.5 Å². The fourth-order valence-corrected chi connectivity index (χ4v) is 5.53. The fourth-order valence-electron chi connectivity index (χ4n) is 5.53. The number of amides is 1. The molecule has 1 saturated heterocycles. The lowest BCUT2D eigenvalue weighted by Gasteiger charge is -2.61. The lowest BCUT2D eigenvalue weighted by Crippen LogP contribution is -2.65. The molecule has 146 valence electrons. The molecule has 2 bridgehead atoms. The van der Waals surface area contributed by atoms with E-state index in [9.17, 15) is 10.1 Å². The van der Waals surface area contributed by atoms with Crippen molar-refractivity contribution in [1.82, 2.24) is 14.9 Å². The molecule has 2 atom stereocenters. The fraction of sp³-hybridized carbons (Fsp3) is 0.375. The van der Waals surface area contributed by atoms with Crippen LogP contribution in [0, 0.1) is 16.7 Å². The zero-order valence-electron chi connectivity index (χ0n) is 17.0. The van der Waals surface area contributed by atoms with Gasteiger partial charge in [0.25, 0.3) is 5.91 Å². The van der Waals surface area contributed by atoms with Crippen molar-refractivity contribution in [3.63, 3.8) is 0 Å². The minimum atomic E-state index is -0.0971. The summed E-state index contributed by atoms with van der Waals surface area (Å²) in [6.45, 7) is 7.58. The molecule has 1 aromatic heterocycles. The molecule has 5 rings (SSSR count). The second kappa shape index (κ2) is 5.93. The predicted molar refractivity (Wildman–Crippen MR) is 112 cm³/mol. The molecule has 5 nitrogen and oxygen atoms in total. The van der Waals surface area contributed by atoms with Crippen LogP contribution in [-0.4, -0.2) is 33.4 Å². The number of carbonyl (C=O) groups excluding carboxylic acids is 1. The molecule has 1 amide bonds. The Balaban J connectivity index is 1.60. The summed E-state index contributed by atoms with van der Waals surface area (Å²) in [6.07, 6.45) is 3.26. The number of hydrogen-bond donors (Lipinski definition) is 1. The van der Waals surface area contributed by atoms with Crippen molar-refractivity contribution < 1.29 is 4.79 Å². The summed E-state index contributed by atoms with van der Waals surface area (Å²) in [4.78, 5) is 22.9. The highest BCUT2D eigenvalue weighted by atomic mass is 16.2. The highest BCUT2D eigenvalue weighted by Crippen LogP contribution is 2.56. The number of carbonyl (C=O) groups is 1. The van der Waals surface area contributed by atoms with E-state index in [0.29, 0.717) is 5.56 Å². The predicted octanol–water partition coefficient (Wildman–Crippen LogP) is 4.19. The number of H-pyrrole nitrogens is 1. The van der Waals surface area contributed by atoms with Gasteiger partial charge in [-0.05, 0) is 53.6 Å². The Hall–Kier alpha value is -3.13. The average molecular weight is 384 g/mol. The van der Waals surface area contributed by atoms with Gasteiger partial charge >= 0.3 is 0 Å². The molecule has 2 heterocycles. The van der Waals surface area contributed by atoms with Gasteiger partial charge in [-0.25, -0.2) is 4.98 Å². The third-order valence-electron chi connectivity index (χ3n) is 7.70. The smallest absolute Gasteiger partial charge is 0.254 e. The molecule has 5 heteroatoms. The SMILES string of the molecule is CC1(C)[C@@H]2Cc3c(C#N)cccc3[C@]1(C)CCN2C(=O)c1ccc2nc[nH]c2c1. The number of aromatic nitrogens is 2. The summed E-state index contributed by atoms with van der Waals surface area (Å²) < 4.78 is 0. The van der Waals surface area contributed by atoms with Crippen molar-refractivity contribution >= 4 is 16.9 Å². The van der Waals surface area contributed by atoms with Crippen LogP contribution in [0.4, 0.5) is 0 Å². The number of nitrogens with zero attached hydrogens (tertiary/aromatic N) is 3. The van der Waals surface area contributed by atoms with Crippen molar-refractivity contribution in [2.45, 2.75) is 45.1 Å². The van der Waals surface area contributed by atoms with Gasteiger partial charge in [-0.2, -0.15) is 5.26 Å². The summed E-state index contributed by atoms with van der Waals surface area (Å²) in [5.41, 5.74) is 5.38. The van der Waals surface area contributed by atoms with E-state index in [1.54, 1.807) is 6.33 Å². The lowest BCUT2D eigenvalue weighted by atomic mass is 9.50. The van der Waals surface area contributed by atoms with Gasteiger partial charge in [0.15, 0.2) is 0 Å². The van der Waals surface area contributed by atoms with Crippen LogP contribution in [0.5, 0.6) is 0 Å². The molecule has 0 saturated carbocycles. The zero-order chi connectivity index (χ0) is 20.4. The van der Waals surface area contributed by atoms with Crippen molar-refractivity contribution in [2.24, 2.45) is 5.41 Å². The van der Waals surface area contributed by atoms with E-state index in [2.05, 4.69) is 42.9 Å². The van der Waals surface area contributed by atoms with Gasteiger partial charge in [0.05, 0.1) is 29.0 Å². The van der Waals surface area contributed by atoms with Gasteiger partial charge < -0.3 is 9.88 Å². The zero-order valence-corrected chi connectivity index (χ0v) is 17.0. The first kappa shape index (κ1) is 17.9. The number of benzene rings is 2. The Bertz CT molecular complexity index is 1190. The van der Waals surface area contributed by atoms with Crippen LogP contribution in [0.1, 0.15) is 54.2 Å². The van der Waals surface area contributed by atoms with Crippen molar-refractivity contribution in [3.05, 3.63) is 65.0 Å². The highest BCUT2D eigenvalue weighted by molar-refractivity contribution is 5.97. The van der Waals surface area contributed by atoms with Crippen LogP contribution in [0.15, 0.2) is 42.7 Å². The molecule has 2 aromatic carbocycles. The molecule has 0 spiro atoms. The molecule has 29 heavy (non-hydrogen) atoms. The first-order valence-corrected chi connectivity index (χ1v) is 10.1. The number of likely N-dealkylation sites (tertiary alicyclic amines) is 1. The molecule has 3 aromatic rings. The second-order valence-electron chi connectivity index (χ2n) is 9.10. The Labute approximate surface area is 170 Å². The van der Waals surface area contributed by atoms with E-state index in [1.165, 1.54) is 5.56 Å². The molecule has 0 unspecified atom stereocenters. The van der Waals surface area contributed by atoms with Crippen LogP contribution in [0.2, 0.25) is 0 Å². The molecule has 1 fully saturated rings. The number of piperidine rings is 1. The van der Waals surface area contributed by atoms with Crippen LogP contribution in [0.25, 0.3) is 11.0 Å². The van der Waals surface area contributed by atoms with Crippen molar-refractivity contribution in [1.29, 1.82) is 5.26 Å². The first-order valence-electron chi connectivity index (χ1n) is 10.1. The lowest BCUT2D eigenvalue weighted by molar-refractivity contribution is -0.0262. The van der Waals surface area contributed by atoms with E-state index in [1.807, 2.05) is 35.2 Å². The van der Waals surface area contributed by atoms with E-state index < -0.39 is 0 Å². The molecular weight excluding hydrogens is 360 g/mol. The summed E-state index contributed by atoms with van der Waals surface area (Å²) in [5, 5.41) is 9.66. The largest absolute Gasteiger partial charge is 0.345 e. The third-order valence-corrected chi connectivity index (χ3v) is 7.70. The van der Waals surface area contributed by atoms with Gasteiger partial charge in [-0.3, -0.25) is 4.79 Å².